The van der Waals surface area contributed by atoms with Crippen LogP contribution in [0, 0.1) is 12.3 Å². The summed E-state index contributed by atoms with van der Waals surface area (Å²) in [6.45, 7) is 1.99. The minimum Gasteiger partial charge on any atom is -0.364 e. The van der Waals surface area contributed by atoms with E-state index in [1.807, 2.05) is 25.3 Å². The molecule has 0 aliphatic heterocycles. The molecule has 1 N–H and O–H groups in total. The highest BCUT2D eigenvalue weighted by Gasteiger charge is 1.98. The monoisotopic (exact) mass is 119 g/mol. The number of nitrogens with one attached hydrogen (secondary N) is 1. The quantitative estimate of drug-likeness (QED) is 0.542. The Kier molecular flexibility index (Phi) is 1.60. The third kappa shape index (κ3) is 1.14. The van der Waals surface area contributed by atoms with Crippen LogP contribution in [-0.2, 0) is 0 Å². The second kappa shape index (κ2) is 2.41. The van der Waals surface area contributed by atoms with Crippen LogP contribution in [0.15, 0.2) is 18.3 Å². The van der Waals surface area contributed by atoms with Crippen molar-refractivity contribution in [2.45, 2.75) is 12.8 Å². The van der Waals surface area contributed by atoms with Crippen molar-refractivity contribution in [3.05, 3.63) is 24.0 Å². The molecule has 1 rings (SSSR count). The van der Waals surface area contributed by atoms with Crippen LogP contribution in [0.25, 0.3) is 0 Å². The summed E-state index contributed by atoms with van der Waals surface area (Å²) in [6, 6.07) is 3.94. The van der Waals surface area contributed by atoms with Gasteiger partial charge in [-0.05, 0) is 19.1 Å². The largest absolute Gasteiger partial charge is 0.364 e. The number of aromatic nitrogens is 1. The molecule has 0 bridgehead atoms. The topological polar surface area (TPSA) is 15.8 Å². The maximum atomic E-state index is 5.19. The number of hydrogen-bond acceptors (Lipinski definition) is 0. The molecule has 1 aromatic rings. The minimum atomic E-state index is 0.208. The summed E-state index contributed by atoms with van der Waals surface area (Å²) in [5.41, 5.74) is 1.11. The van der Waals surface area contributed by atoms with Crippen molar-refractivity contribution in [2.75, 3.05) is 0 Å². The van der Waals surface area contributed by atoms with Crippen LogP contribution in [0.1, 0.15) is 18.5 Å². The molecule has 1 atom stereocenters. The molecule has 1 nitrogen and oxygen atoms in total. The molecule has 0 aliphatic rings. The highest BCUT2D eigenvalue weighted by Crippen LogP contribution is 2.09. The van der Waals surface area contributed by atoms with Crippen LogP contribution >= 0.6 is 0 Å². The Morgan fingerprint density at radius 2 is 2.56 bits per heavy atom. The van der Waals surface area contributed by atoms with Crippen LogP contribution in [0.4, 0.5) is 0 Å². The Bertz CT molecular complexity index is 203. The van der Waals surface area contributed by atoms with Gasteiger partial charge in [-0.2, -0.15) is 0 Å². The zero-order valence-corrected chi connectivity index (χ0v) is 5.39. The lowest BCUT2D eigenvalue weighted by Gasteiger charge is -1.96. The molecule has 0 saturated heterocycles. The molecule has 0 aliphatic carbocycles. The molecule has 0 amide bonds. The van der Waals surface area contributed by atoms with Crippen LogP contribution in [-0.4, -0.2) is 4.98 Å². The van der Waals surface area contributed by atoms with Crippen LogP contribution in [0.5, 0.6) is 0 Å². The van der Waals surface area contributed by atoms with Gasteiger partial charge in [-0.15, -0.1) is 6.42 Å². The molecule has 1 heterocycles. The first kappa shape index (κ1) is 5.97. The molecule has 1 heteroatoms. The summed E-state index contributed by atoms with van der Waals surface area (Å²) in [7, 11) is 0. The first-order valence-electron chi connectivity index (χ1n) is 2.94. The van der Waals surface area contributed by atoms with E-state index in [-0.39, 0.29) is 5.92 Å². The zero-order chi connectivity index (χ0) is 6.69. The number of aromatic amines is 1. The molecule has 9 heavy (non-hydrogen) atoms. The van der Waals surface area contributed by atoms with Gasteiger partial charge in [0.2, 0.25) is 0 Å². The van der Waals surface area contributed by atoms with Crippen molar-refractivity contribution in [3.8, 4) is 12.3 Å². The molecular weight excluding hydrogens is 110 g/mol. The summed E-state index contributed by atoms with van der Waals surface area (Å²) in [5, 5.41) is 0. The number of terminal acetylenes is 1. The van der Waals surface area contributed by atoms with E-state index in [0.717, 1.165) is 5.69 Å². The zero-order valence-electron chi connectivity index (χ0n) is 5.39. The highest BCUT2D eigenvalue weighted by atomic mass is 14.7. The van der Waals surface area contributed by atoms with Crippen molar-refractivity contribution in [2.24, 2.45) is 0 Å². The fourth-order valence-electron chi connectivity index (χ4n) is 0.703. The van der Waals surface area contributed by atoms with E-state index >= 15 is 0 Å². The first-order chi connectivity index (χ1) is 4.34. The van der Waals surface area contributed by atoms with E-state index in [4.69, 9.17) is 6.42 Å². The van der Waals surface area contributed by atoms with E-state index < -0.39 is 0 Å². The molecule has 0 aromatic carbocycles. The van der Waals surface area contributed by atoms with Gasteiger partial charge in [-0.3, -0.25) is 0 Å². The number of hydrogen-bond donors (Lipinski definition) is 1. The Morgan fingerprint density at radius 3 is 3.00 bits per heavy atom. The third-order valence-corrected chi connectivity index (χ3v) is 1.34. The Balaban J connectivity index is 2.80. The van der Waals surface area contributed by atoms with Gasteiger partial charge in [0, 0.05) is 11.9 Å². The molecule has 0 radical (unpaired) electrons. The van der Waals surface area contributed by atoms with Gasteiger partial charge in [0.05, 0.1) is 5.92 Å². The van der Waals surface area contributed by atoms with Gasteiger partial charge in [0.15, 0.2) is 0 Å². The van der Waals surface area contributed by atoms with E-state index in [1.54, 1.807) is 0 Å². The van der Waals surface area contributed by atoms with Crippen molar-refractivity contribution < 1.29 is 0 Å². The first-order valence-corrected chi connectivity index (χ1v) is 2.94. The summed E-state index contributed by atoms with van der Waals surface area (Å²) in [5.74, 6) is 2.84. The number of H-pyrrole nitrogens is 1. The minimum absolute atomic E-state index is 0.208. The van der Waals surface area contributed by atoms with Crippen LogP contribution in [0.2, 0.25) is 0 Å². The molecular formula is C8H9N. The van der Waals surface area contributed by atoms with Crippen molar-refractivity contribution >= 4 is 0 Å². The normalized spacial score (nSPS) is 12.4. The Labute approximate surface area is 55.1 Å². The smallest absolute Gasteiger partial charge is 0.0572 e. The molecule has 46 valence electrons. The lowest BCUT2D eigenvalue weighted by atomic mass is 10.1. The average Bonchev–Trinajstić information content (AvgIpc) is 2.37. The fraction of sp³-hybridized carbons (Fsp3) is 0.250. The highest BCUT2D eigenvalue weighted by molar-refractivity contribution is 5.17. The van der Waals surface area contributed by atoms with E-state index in [1.165, 1.54) is 0 Å². The van der Waals surface area contributed by atoms with E-state index in [2.05, 4.69) is 10.9 Å². The lowest BCUT2D eigenvalue weighted by molar-refractivity contribution is 0.954. The van der Waals surface area contributed by atoms with Gasteiger partial charge in [-0.1, -0.05) is 5.92 Å². The Hall–Kier alpha value is -1.16. The van der Waals surface area contributed by atoms with E-state index in [0.29, 0.717) is 0 Å². The molecule has 0 saturated carbocycles. The van der Waals surface area contributed by atoms with Gasteiger partial charge in [0.1, 0.15) is 0 Å². The second-order valence-electron chi connectivity index (χ2n) is 2.01. The molecule has 0 fully saturated rings. The predicted molar refractivity (Wildman–Crippen MR) is 38.0 cm³/mol. The van der Waals surface area contributed by atoms with Gasteiger partial charge >= 0.3 is 0 Å². The van der Waals surface area contributed by atoms with Gasteiger partial charge in [-0.25, -0.2) is 0 Å². The Morgan fingerprint density at radius 1 is 1.78 bits per heavy atom. The summed E-state index contributed by atoms with van der Waals surface area (Å²) >= 11 is 0. The number of rotatable bonds is 1. The maximum Gasteiger partial charge on any atom is 0.0572 e. The molecule has 0 spiro atoms. The predicted octanol–water partition coefficient (Wildman–Crippen LogP) is 1.75. The standard InChI is InChI=1S/C8H9N/c1-3-7(2)8-5-4-6-9-8/h1,4-7,9H,2H3. The van der Waals surface area contributed by atoms with Crippen molar-refractivity contribution in [1.29, 1.82) is 0 Å². The summed E-state index contributed by atoms with van der Waals surface area (Å²) < 4.78 is 0. The third-order valence-electron chi connectivity index (χ3n) is 1.34. The molecule has 1 aromatic heterocycles. The lowest BCUT2D eigenvalue weighted by Crippen LogP contribution is -1.87. The van der Waals surface area contributed by atoms with Crippen molar-refractivity contribution in [3.63, 3.8) is 0 Å². The van der Waals surface area contributed by atoms with Gasteiger partial charge in [0.25, 0.3) is 0 Å². The summed E-state index contributed by atoms with van der Waals surface area (Å²) in [6.07, 6.45) is 7.07. The SMILES string of the molecule is C#CC(C)c1ccc[nH]1. The summed E-state index contributed by atoms with van der Waals surface area (Å²) in [4.78, 5) is 3.05. The van der Waals surface area contributed by atoms with E-state index in [9.17, 15) is 0 Å². The van der Waals surface area contributed by atoms with Gasteiger partial charge < -0.3 is 4.98 Å². The molecule has 1 unspecified atom stereocenters. The van der Waals surface area contributed by atoms with Crippen LogP contribution < -0.4 is 0 Å². The average molecular weight is 119 g/mol. The van der Waals surface area contributed by atoms with Crippen LogP contribution in [0.3, 0.4) is 0 Å². The maximum absolute atomic E-state index is 5.19. The van der Waals surface area contributed by atoms with Crippen molar-refractivity contribution in [1.82, 2.24) is 4.98 Å². The fourth-order valence-corrected chi connectivity index (χ4v) is 0.703. The second-order valence-corrected chi connectivity index (χ2v) is 2.01.